The molecule has 1 atom stereocenters. The van der Waals surface area contributed by atoms with Crippen molar-refractivity contribution < 1.29 is 18.8 Å². The lowest BCUT2D eigenvalue weighted by Gasteiger charge is -2.29. The minimum atomic E-state index is -1.23. The van der Waals surface area contributed by atoms with E-state index >= 15 is 0 Å². The topological polar surface area (TPSA) is 109 Å². The van der Waals surface area contributed by atoms with Gasteiger partial charge in [0.2, 0.25) is 0 Å². The number of pyridine rings is 1. The number of aromatic nitrogens is 1. The molecule has 180 valence electrons. The van der Waals surface area contributed by atoms with Crippen molar-refractivity contribution >= 4 is 29.3 Å². The molecule has 0 spiro atoms. The highest BCUT2D eigenvalue weighted by atomic mass is 35.5. The molecule has 10 heteroatoms. The molecule has 4 rings (SSSR count). The molecular weight excluding hydrogens is 473 g/mol. The first-order valence-corrected chi connectivity index (χ1v) is 11.3. The van der Waals surface area contributed by atoms with Gasteiger partial charge in [-0.3, -0.25) is 14.4 Å². The van der Waals surface area contributed by atoms with E-state index in [-0.39, 0.29) is 35.9 Å². The maximum absolute atomic E-state index is 13.8. The first-order chi connectivity index (χ1) is 16.9. The van der Waals surface area contributed by atoms with Gasteiger partial charge in [-0.05, 0) is 41.5 Å². The van der Waals surface area contributed by atoms with E-state index in [1.165, 1.54) is 46.3 Å². The molecule has 0 bridgehead atoms. The average Bonchev–Trinajstić information content (AvgIpc) is 3.32. The Hall–Kier alpha value is -3.82. The monoisotopic (exact) mass is 495 g/mol. The third kappa shape index (κ3) is 5.47. The fourth-order valence-electron chi connectivity index (χ4n) is 3.94. The van der Waals surface area contributed by atoms with Crippen LogP contribution >= 0.6 is 11.6 Å². The lowest BCUT2D eigenvalue weighted by atomic mass is 10.1. The zero-order chi connectivity index (χ0) is 24.9. The maximum Gasteiger partial charge on any atom is 0.264 e. The summed E-state index contributed by atoms with van der Waals surface area (Å²) >= 11 is 5.83. The molecule has 35 heavy (non-hydrogen) atoms. The second-order valence-electron chi connectivity index (χ2n) is 7.99. The summed E-state index contributed by atoms with van der Waals surface area (Å²) in [5, 5.41) is 3.03. The summed E-state index contributed by atoms with van der Waals surface area (Å²) in [4.78, 5) is 46.3. The van der Waals surface area contributed by atoms with Crippen molar-refractivity contribution in [3.05, 3.63) is 100 Å². The highest BCUT2D eigenvalue weighted by Crippen LogP contribution is 2.22. The molecule has 2 aromatic carbocycles. The zero-order valence-electron chi connectivity index (χ0n) is 18.7. The molecule has 1 aromatic heterocycles. The van der Waals surface area contributed by atoms with Crippen molar-refractivity contribution in [2.24, 2.45) is 5.73 Å². The van der Waals surface area contributed by atoms with Crippen LogP contribution in [-0.2, 0) is 17.9 Å². The number of nitrogens with two attached hydrogens (primary N) is 1. The molecule has 0 saturated carbocycles. The average molecular weight is 496 g/mol. The Morgan fingerprint density at radius 3 is 2.31 bits per heavy atom. The van der Waals surface area contributed by atoms with Gasteiger partial charge in [0.05, 0.1) is 5.56 Å². The molecular formula is C25H23ClFN5O3. The van der Waals surface area contributed by atoms with E-state index in [0.717, 1.165) is 17.2 Å². The van der Waals surface area contributed by atoms with Gasteiger partial charge >= 0.3 is 0 Å². The van der Waals surface area contributed by atoms with E-state index in [1.54, 1.807) is 0 Å². The molecule has 0 radical (unpaired) electrons. The van der Waals surface area contributed by atoms with E-state index in [1.807, 2.05) is 24.3 Å². The molecule has 1 aliphatic heterocycles. The highest BCUT2D eigenvalue weighted by Gasteiger charge is 2.43. The van der Waals surface area contributed by atoms with Crippen molar-refractivity contribution in [1.29, 1.82) is 0 Å². The van der Waals surface area contributed by atoms with Crippen LogP contribution in [0.3, 0.4) is 0 Å². The van der Waals surface area contributed by atoms with E-state index in [9.17, 15) is 18.8 Å². The van der Waals surface area contributed by atoms with Gasteiger partial charge in [0.1, 0.15) is 11.0 Å². The Bertz CT molecular complexity index is 1250. The first-order valence-electron chi connectivity index (χ1n) is 10.9. The van der Waals surface area contributed by atoms with Crippen molar-refractivity contribution in [3.8, 4) is 0 Å². The molecule has 1 saturated heterocycles. The normalized spacial score (nSPS) is 15.2. The zero-order valence-corrected chi connectivity index (χ0v) is 19.4. The highest BCUT2D eigenvalue weighted by molar-refractivity contribution is 6.29. The van der Waals surface area contributed by atoms with Crippen LogP contribution < -0.4 is 11.1 Å². The van der Waals surface area contributed by atoms with Gasteiger partial charge in [0, 0.05) is 37.9 Å². The van der Waals surface area contributed by atoms with Gasteiger partial charge < -0.3 is 20.9 Å². The quantitative estimate of drug-likeness (QED) is 0.511. The van der Waals surface area contributed by atoms with Crippen molar-refractivity contribution in [1.82, 2.24) is 20.1 Å². The fourth-order valence-corrected chi connectivity index (χ4v) is 4.05. The Balaban J connectivity index is 1.60. The summed E-state index contributed by atoms with van der Waals surface area (Å²) in [6, 6.07) is 15.6. The Morgan fingerprint density at radius 2 is 1.66 bits per heavy atom. The second kappa shape index (κ2) is 10.6. The van der Waals surface area contributed by atoms with Crippen LogP contribution in [0, 0.1) is 5.82 Å². The predicted octanol–water partition coefficient (Wildman–Crippen LogP) is 2.57. The van der Waals surface area contributed by atoms with Crippen LogP contribution in [0.5, 0.6) is 0 Å². The van der Waals surface area contributed by atoms with Gasteiger partial charge in [0.15, 0.2) is 6.17 Å². The number of benzene rings is 2. The van der Waals surface area contributed by atoms with Gasteiger partial charge in [-0.15, -0.1) is 0 Å². The summed E-state index contributed by atoms with van der Waals surface area (Å²) in [6.45, 7) is 0.750. The van der Waals surface area contributed by atoms with Gasteiger partial charge in [-0.2, -0.15) is 0 Å². The number of amides is 3. The lowest BCUT2D eigenvalue weighted by molar-refractivity contribution is -0.128. The number of nitrogens with zero attached hydrogens (tertiary/aromatic N) is 3. The predicted molar refractivity (Wildman–Crippen MR) is 128 cm³/mol. The first kappa shape index (κ1) is 24.3. The maximum atomic E-state index is 13.8. The number of carbonyl (C=O) groups is 3. The summed E-state index contributed by atoms with van der Waals surface area (Å²) in [7, 11) is 0. The number of nitrogens with one attached hydrogen (secondary N) is 1. The number of halogens is 2. The van der Waals surface area contributed by atoms with E-state index in [4.69, 9.17) is 17.3 Å². The van der Waals surface area contributed by atoms with E-state index < -0.39 is 29.7 Å². The number of rotatable bonds is 6. The molecule has 3 N–H and O–H groups in total. The summed E-state index contributed by atoms with van der Waals surface area (Å²) < 4.78 is 13.8. The third-order valence-corrected chi connectivity index (χ3v) is 5.89. The van der Waals surface area contributed by atoms with Gasteiger partial charge in [0.25, 0.3) is 17.7 Å². The van der Waals surface area contributed by atoms with Crippen molar-refractivity contribution in [2.45, 2.75) is 19.3 Å². The molecule has 0 aliphatic carbocycles. The van der Waals surface area contributed by atoms with E-state index in [2.05, 4.69) is 10.3 Å². The number of carbonyl (C=O) groups excluding carboxylic acids is 3. The largest absolute Gasteiger partial charge is 0.349 e. The summed E-state index contributed by atoms with van der Waals surface area (Å²) in [6.07, 6.45) is 0.0845. The van der Waals surface area contributed by atoms with Crippen molar-refractivity contribution in [3.63, 3.8) is 0 Å². The van der Waals surface area contributed by atoms with Crippen LogP contribution in [-0.4, -0.2) is 51.8 Å². The SMILES string of the molecule is NCc1cccc(CNC(=O)C2N(C(=O)c3ccc(Cl)nc3)CCN2C(=O)c2cccc(F)c2)c1. The molecule has 8 nitrogen and oxygen atoms in total. The van der Waals surface area contributed by atoms with Crippen LogP contribution in [0.2, 0.25) is 5.15 Å². The molecule has 2 heterocycles. The van der Waals surface area contributed by atoms with Crippen LogP contribution in [0.4, 0.5) is 4.39 Å². The Morgan fingerprint density at radius 1 is 0.971 bits per heavy atom. The fraction of sp³-hybridized carbons (Fsp3) is 0.200. The molecule has 1 aliphatic rings. The van der Waals surface area contributed by atoms with Crippen molar-refractivity contribution in [2.75, 3.05) is 13.1 Å². The van der Waals surface area contributed by atoms with E-state index in [0.29, 0.717) is 6.54 Å². The lowest BCUT2D eigenvalue weighted by Crippen LogP contribution is -2.53. The minimum absolute atomic E-state index is 0.0842. The smallest absolute Gasteiger partial charge is 0.264 e. The molecule has 3 amide bonds. The van der Waals surface area contributed by atoms with Gasteiger partial charge in [-0.1, -0.05) is 41.9 Å². The molecule has 1 unspecified atom stereocenters. The van der Waals surface area contributed by atoms with Gasteiger partial charge in [-0.25, -0.2) is 9.37 Å². The third-order valence-electron chi connectivity index (χ3n) is 5.67. The second-order valence-corrected chi connectivity index (χ2v) is 8.38. The molecule has 1 fully saturated rings. The summed E-state index contributed by atoms with van der Waals surface area (Å²) in [5.74, 6) is -2.15. The standard InChI is InChI=1S/C25H23ClFN5O3/c26-21-8-7-19(15-29-21)25(35)32-10-9-31(24(34)18-5-2-6-20(27)12-18)23(32)22(33)30-14-17-4-1-3-16(11-17)13-28/h1-8,11-12,15,23H,9-10,13-14,28H2,(H,30,33). The van der Waals surface area contributed by atoms with Crippen LogP contribution in [0.25, 0.3) is 0 Å². The van der Waals surface area contributed by atoms with Crippen LogP contribution in [0.1, 0.15) is 31.8 Å². The Labute approximate surface area is 206 Å². The Kier molecular flexibility index (Phi) is 7.38. The van der Waals surface area contributed by atoms with Crippen LogP contribution in [0.15, 0.2) is 66.9 Å². The summed E-state index contributed by atoms with van der Waals surface area (Å²) in [5.41, 5.74) is 7.73. The number of hydrogen-bond donors (Lipinski definition) is 2. The minimum Gasteiger partial charge on any atom is -0.349 e. The molecule has 3 aromatic rings. The number of hydrogen-bond acceptors (Lipinski definition) is 5.